The topological polar surface area (TPSA) is 156 Å². The molecule has 47 heavy (non-hydrogen) atoms. The van der Waals surface area contributed by atoms with Crippen LogP contribution in [0.4, 0.5) is 4.39 Å². The number of rotatable bonds is 25. The number of nitrogens with one attached hydrogen (secondary N) is 1. The number of carbonyl (C=O) groups is 3. The number of unbranched alkanes of at least 4 members (excludes halogenated alkanes) is 8. The molecule has 0 spiro atoms. The molecule has 0 bridgehead atoms. The van der Waals surface area contributed by atoms with Crippen LogP contribution in [0.3, 0.4) is 0 Å². The Hall–Kier alpha value is -3.43. The highest BCUT2D eigenvalue weighted by atomic mass is 32.2. The van der Waals surface area contributed by atoms with Crippen molar-refractivity contribution >= 4 is 27.7 Å². The molecule has 0 aliphatic heterocycles. The molecule has 0 unspecified atom stereocenters. The fourth-order valence-electron chi connectivity index (χ4n) is 4.95. The summed E-state index contributed by atoms with van der Waals surface area (Å²) >= 11 is 0. The Morgan fingerprint density at radius 1 is 1.02 bits per heavy atom. The predicted octanol–water partition coefficient (Wildman–Crippen LogP) is 4.97. The van der Waals surface area contributed by atoms with Gasteiger partial charge < -0.3 is 25.0 Å². The molecule has 0 aliphatic carbocycles. The first-order valence-electron chi connectivity index (χ1n) is 16.3. The van der Waals surface area contributed by atoms with Crippen LogP contribution in [-0.4, -0.2) is 80.0 Å². The summed E-state index contributed by atoms with van der Waals surface area (Å²) < 4.78 is 48.2. The number of methoxy groups -OCH3 is 1. The lowest BCUT2D eigenvalue weighted by molar-refractivity contribution is -0.168. The van der Waals surface area contributed by atoms with Gasteiger partial charge in [-0.1, -0.05) is 75.7 Å². The van der Waals surface area contributed by atoms with Gasteiger partial charge in [0.25, 0.3) is 0 Å². The molecule has 1 rings (SSSR count). The average molecular weight is 682 g/mol. The van der Waals surface area contributed by atoms with Gasteiger partial charge in [-0.3, -0.25) is 9.18 Å². The Labute approximate surface area is 279 Å². The van der Waals surface area contributed by atoms with Gasteiger partial charge in [-0.15, -0.1) is 5.92 Å². The van der Waals surface area contributed by atoms with Crippen molar-refractivity contribution in [2.75, 3.05) is 31.9 Å². The second-order valence-electron chi connectivity index (χ2n) is 11.5. The zero-order valence-corrected chi connectivity index (χ0v) is 28.8. The minimum absolute atomic E-state index is 0.00686. The van der Waals surface area contributed by atoms with Crippen molar-refractivity contribution in [3.05, 3.63) is 42.0 Å². The van der Waals surface area contributed by atoms with E-state index in [0.717, 1.165) is 32.8 Å². The Balaban J connectivity index is 2.85. The third-order valence-corrected chi connectivity index (χ3v) is 9.58. The van der Waals surface area contributed by atoms with Crippen LogP contribution in [0.5, 0.6) is 5.75 Å². The van der Waals surface area contributed by atoms with Crippen molar-refractivity contribution < 1.29 is 46.9 Å². The third-order valence-electron chi connectivity index (χ3n) is 7.76. The van der Waals surface area contributed by atoms with Crippen LogP contribution in [0, 0.1) is 17.8 Å². The molecule has 1 amide bonds. The van der Waals surface area contributed by atoms with Gasteiger partial charge in [-0.05, 0) is 50.3 Å². The van der Waals surface area contributed by atoms with Gasteiger partial charge >= 0.3 is 11.9 Å². The zero-order chi connectivity index (χ0) is 35.1. The van der Waals surface area contributed by atoms with E-state index in [4.69, 9.17) is 9.47 Å². The molecule has 3 atom stereocenters. The molecule has 0 saturated heterocycles. The summed E-state index contributed by atoms with van der Waals surface area (Å²) in [5.74, 6) is 1.15. The van der Waals surface area contributed by atoms with Gasteiger partial charge in [0.15, 0.2) is 5.60 Å². The Bertz CT molecular complexity index is 1290. The number of aliphatic carboxylic acids is 1. The quantitative estimate of drug-likeness (QED) is 0.0561. The van der Waals surface area contributed by atoms with Crippen molar-refractivity contribution in [3.8, 4) is 17.6 Å². The first kappa shape index (κ1) is 41.6. The number of carbonyl (C=O) groups excluding carboxylic acids is 2. The van der Waals surface area contributed by atoms with E-state index in [-0.39, 0.29) is 24.5 Å². The van der Waals surface area contributed by atoms with Crippen LogP contribution < -0.4 is 10.1 Å². The summed E-state index contributed by atoms with van der Waals surface area (Å²) in [6, 6.07) is 5.50. The standard InChI is InChI=1S/C35H52FNO9S/c1-4-6-8-12-15-25-47(43,44)26-16-13-10-9-11-14-17-30(35(42,22-23-36)34(40)41)32(38)37-31(33(39)45-3)27-28-18-20-29(21-19-28)46-24-7-5-2/h14,17-21,30-31,42H,4,6,8-13,15-16,22-27H2,1-3H3,(H,37,38)(H,40,41)/b17-14+/t30-,31+,35+/m1/s1. The summed E-state index contributed by atoms with van der Waals surface area (Å²) in [5, 5.41) is 23.2. The summed E-state index contributed by atoms with van der Waals surface area (Å²) in [5.41, 5.74) is -2.12. The highest BCUT2D eigenvalue weighted by Gasteiger charge is 2.47. The Morgan fingerprint density at radius 2 is 1.64 bits per heavy atom. The van der Waals surface area contributed by atoms with Gasteiger partial charge in [0, 0.05) is 12.8 Å². The maximum atomic E-state index is 13.4. The lowest BCUT2D eigenvalue weighted by Gasteiger charge is -2.30. The van der Waals surface area contributed by atoms with Gasteiger partial charge in [0.05, 0.1) is 31.2 Å². The molecule has 10 nitrogen and oxygen atoms in total. The van der Waals surface area contributed by atoms with E-state index in [2.05, 4.69) is 24.1 Å². The summed E-state index contributed by atoms with van der Waals surface area (Å²) in [6.07, 6.45) is 9.77. The number of carboxylic acids is 1. The van der Waals surface area contributed by atoms with Crippen LogP contribution in [0.1, 0.15) is 90.0 Å². The van der Waals surface area contributed by atoms with E-state index in [1.165, 1.54) is 12.2 Å². The number of halogens is 1. The lowest BCUT2D eigenvalue weighted by atomic mass is 9.83. The van der Waals surface area contributed by atoms with Crippen molar-refractivity contribution in [2.24, 2.45) is 5.92 Å². The number of carboxylic acid groups (broad SMARTS) is 1. The number of sulfone groups is 1. The number of alkyl halides is 1. The van der Waals surface area contributed by atoms with E-state index in [1.54, 1.807) is 31.2 Å². The first-order valence-corrected chi connectivity index (χ1v) is 18.1. The smallest absolute Gasteiger partial charge is 0.336 e. The van der Waals surface area contributed by atoms with Gasteiger partial charge in [-0.25, -0.2) is 18.0 Å². The fraction of sp³-hybridized carbons (Fsp3) is 0.629. The molecular weight excluding hydrogens is 629 g/mol. The summed E-state index contributed by atoms with van der Waals surface area (Å²) in [6.45, 7) is 2.82. The number of benzene rings is 1. The molecule has 0 fully saturated rings. The first-order chi connectivity index (χ1) is 22.4. The summed E-state index contributed by atoms with van der Waals surface area (Å²) in [4.78, 5) is 38.1. The minimum Gasteiger partial charge on any atom is -0.481 e. The second-order valence-corrected chi connectivity index (χ2v) is 13.8. The van der Waals surface area contributed by atoms with E-state index >= 15 is 0 Å². The SMILES string of the molecule is CC#CCOc1ccc(C[C@H](NC(=O)[C@@H](/C=C/CCCCCCS(=O)(=O)CCCCCCC)[C@@](O)(CCF)C(=O)O)C(=O)OC)cc1. The highest BCUT2D eigenvalue weighted by molar-refractivity contribution is 7.91. The molecule has 0 aromatic heterocycles. The number of allylic oxidation sites excluding steroid dienone is 1. The van der Waals surface area contributed by atoms with Crippen LogP contribution >= 0.6 is 0 Å². The van der Waals surface area contributed by atoms with E-state index in [0.29, 0.717) is 49.8 Å². The number of amides is 1. The molecule has 0 radical (unpaired) electrons. The Kier molecular flexibility index (Phi) is 20.3. The van der Waals surface area contributed by atoms with Crippen molar-refractivity contribution in [1.29, 1.82) is 0 Å². The lowest BCUT2D eigenvalue weighted by Crippen LogP contribution is -2.55. The number of hydrogen-bond donors (Lipinski definition) is 3. The molecule has 0 aliphatic rings. The van der Waals surface area contributed by atoms with Crippen molar-refractivity contribution in [3.63, 3.8) is 0 Å². The molecule has 3 N–H and O–H groups in total. The molecule has 1 aromatic rings. The van der Waals surface area contributed by atoms with Crippen LogP contribution in [0.15, 0.2) is 36.4 Å². The van der Waals surface area contributed by atoms with Gasteiger partial charge in [-0.2, -0.15) is 0 Å². The van der Waals surface area contributed by atoms with E-state index < -0.39 is 58.3 Å². The van der Waals surface area contributed by atoms with Crippen LogP contribution in [0.25, 0.3) is 0 Å². The Morgan fingerprint density at radius 3 is 2.19 bits per heavy atom. The van der Waals surface area contributed by atoms with E-state index in [9.17, 15) is 37.4 Å². The number of esters is 1. The number of aliphatic hydroxyl groups is 1. The van der Waals surface area contributed by atoms with Gasteiger partial charge in [0.2, 0.25) is 5.91 Å². The molecule has 1 aromatic carbocycles. The second kappa shape index (κ2) is 23.0. The summed E-state index contributed by atoms with van der Waals surface area (Å²) in [7, 11) is -1.93. The third kappa shape index (κ3) is 16.3. The van der Waals surface area contributed by atoms with E-state index in [1.807, 2.05) is 0 Å². The normalized spacial score (nSPS) is 14.0. The average Bonchev–Trinajstić information content (AvgIpc) is 3.04. The zero-order valence-electron chi connectivity index (χ0n) is 28.0. The minimum atomic E-state index is -3.08. The molecule has 0 heterocycles. The molecule has 0 saturated carbocycles. The number of ether oxygens (including phenoxy) is 2. The highest BCUT2D eigenvalue weighted by Crippen LogP contribution is 2.26. The van der Waals surface area contributed by atoms with Crippen LogP contribution in [0.2, 0.25) is 0 Å². The molecular formula is C35H52FNO9S. The largest absolute Gasteiger partial charge is 0.481 e. The number of hydrogen-bond acceptors (Lipinski definition) is 8. The molecule has 264 valence electrons. The molecule has 12 heteroatoms. The van der Waals surface area contributed by atoms with Crippen molar-refractivity contribution in [1.82, 2.24) is 5.32 Å². The van der Waals surface area contributed by atoms with Crippen LogP contribution in [-0.2, 0) is 35.4 Å². The van der Waals surface area contributed by atoms with Gasteiger partial charge in [0.1, 0.15) is 28.2 Å². The monoisotopic (exact) mass is 681 g/mol. The predicted molar refractivity (Wildman–Crippen MR) is 179 cm³/mol. The maximum Gasteiger partial charge on any atom is 0.336 e. The maximum absolute atomic E-state index is 13.4. The fourth-order valence-corrected chi connectivity index (χ4v) is 6.44. The van der Waals surface area contributed by atoms with Crippen molar-refractivity contribution in [2.45, 2.75) is 103 Å².